The predicted molar refractivity (Wildman–Crippen MR) is 149 cm³/mol. The molecule has 0 saturated carbocycles. The molecule has 1 saturated heterocycles. The number of hydrogen-bond acceptors (Lipinski definition) is 8. The highest BCUT2D eigenvalue weighted by atomic mass is 19.4. The van der Waals surface area contributed by atoms with Gasteiger partial charge in [-0.05, 0) is 42.3 Å². The topological polar surface area (TPSA) is 108 Å². The number of halogens is 4. The van der Waals surface area contributed by atoms with Gasteiger partial charge in [-0.25, -0.2) is 14.2 Å². The van der Waals surface area contributed by atoms with E-state index < -0.39 is 24.0 Å². The first kappa shape index (κ1) is 28.5. The zero-order chi connectivity index (χ0) is 30.1. The number of nitrogens with zero attached hydrogens (tertiary/aromatic N) is 5. The quantitative estimate of drug-likeness (QED) is 0.153. The van der Waals surface area contributed by atoms with Crippen LogP contribution in [0.25, 0.3) is 28.1 Å². The van der Waals surface area contributed by atoms with Gasteiger partial charge < -0.3 is 15.2 Å². The highest BCUT2D eigenvalue weighted by Crippen LogP contribution is 2.39. The number of hydrogen-bond donors (Lipinski definition) is 1. The fourth-order valence-corrected chi connectivity index (χ4v) is 5.20. The maximum atomic E-state index is 14.7. The normalized spacial score (nSPS) is 16.5. The minimum absolute atomic E-state index is 0.0293. The van der Waals surface area contributed by atoms with Crippen molar-refractivity contribution in [3.8, 4) is 17.3 Å². The summed E-state index contributed by atoms with van der Waals surface area (Å²) in [5, 5.41) is 8.74. The summed E-state index contributed by atoms with van der Waals surface area (Å²) >= 11 is 0. The minimum Gasteiger partial charge on any atom is -0.487 e. The molecule has 3 aromatic heterocycles. The Morgan fingerprint density at radius 1 is 1.05 bits per heavy atom. The van der Waals surface area contributed by atoms with E-state index in [2.05, 4.69) is 15.2 Å². The van der Waals surface area contributed by atoms with Crippen LogP contribution in [0.5, 0.6) is 5.75 Å². The number of benzene rings is 2. The van der Waals surface area contributed by atoms with Crippen molar-refractivity contribution in [2.45, 2.75) is 24.7 Å². The van der Waals surface area contributed by atoms with Crippen molar-refractivity contribution in [2.75, 3.05) is 26.3 Å². The van der Waals surface area contributed by atoms with Crippen LogP contribution in [0.4, 0.5) is 17.6 Å². The van der Waals surface area contributed by atoms with E-state index >= 15 is 0 Å². The number of esters is 1. The van der Waals surface area contributed by atoms with Crippen LogP contribution in [-0.4, -0.2) is 69.0 Å². The molecule has 1 aliphatic rings. The molecule has 43 heavy (non-hydrogen) atoms. The Hall–Kier alpha value is -4.62. The largest absolute Gasteiger partial charge is 0.487 e. The van der Waals surface area contributed by atoms with Crippen LogP contribution in [0.1, 0.15) is 28.4 Å². The molecule has 5 aromatic rings. The Morgan fingerprint density at radius 2 is 1.86 bits per heavy atom. The fourth-order valence-electron chi connectivity index (χ4n) is 5.20. The third-order valence-electron chi connectivity index (χ3n) is 7.23. The van der Waals surface area contributed by atoms with E-state index in [0.717, 1.165) is 0 Å². The van der Waals surface area contributed by atoms with Crippen LogP contribution in [0, 0.1) is 5.82 Å². The molecule has 1 aliphatic heterocycles. The third kappa shape index (κ3) is 5.99. The van der Waals surface area contributed by atoms with Gasteiger partial charge in [-0.3, -0.25) is 9.30 Å². The molecule has 9 nitrogen and oxygen atoms in total. The predicted octanol–water partition coefficient (Wildman–Crippen LogP) is 4.96. The van der Waals surface area contributed by atoms with Crippen molar-refractivity contribution in [2.24, 2.45) is 5.73 Å². The van der Waals surface area contributed by atoms with E-state index in [1.165, 1.54) is 39.8 Å². The molecule has 0 unspecified atom stereocenters. The Morgan fingerprint density at radius 3 is 2.60 bits per heavy atom. The van der Waals surface area contributed by atoms with Gasteiger partial charge in [0.1, 0.15) is 24.9 Å². The Labute approximate surface area is 242 Å². The van der Waals surface area contributed by atoms with Crippen molar-refractivity contribution in [1.29, 1.82) is 0 Å². The molecule has 0 radical (unpaired) electrons. The highest BCUT2D eigenvalue weighted by Gasteiger charge is 2.46. The molecule has 2 atom stereocenters. The Kier molecular flexibility index (Phi) is 7.67. The average Bonchev–Trinajstić information content (AvgIpc) is 3.60. The molecule has 2 N–H and O–H groups in total. The highest BCUT2D eigenvalue weighted by molar-refractivity contribution is 5.89. The van der Waals surface area contributed by atoms with Crippen LogP contribution < -0.4 is 10.5 Å². The number of carbonyl (C=O) groups is 1. The lowest BCUT2D eigenvalue weighted by atomic mass is 10.1. The molecule has 0 amide bonds. The first-order valence-electron chi connectivity index (χ1n) is 13.5. The number of nitrogens with two attached hydrogens (primary N) is 1. The van der Waals surface area contributed by atoms with Crippen molar-refractivity contribution in [3.63, 3.8) is 0 Å². The van der Waals surface area contributed by atoms with Crippen LogP contribution in [0.15, 0.2) is 72.9 Å². The molecule has 2 aromatic carbocycles. The average molecular weight is 595 g/mol. The number of likely N-dealkylation sites (tertiary alicyclic amines) is 1. The van der Waals surface area contributed by atoms with Gasteiger partial charge in [-0.2, -0.15) is 13.2 Å². The molecular formula is C30H26F4N6O3. The van der Waals surface area contributed by atoms with E-state index in [1.807, 2.05) is 0 Å². The van der Waals surface area contributed by atoms with Gasteiger partial charge in [-0.15, -0.1) is 10.2 Å². The van der Waals surface area contributed by atoms with Gasteiger partial charge >= 0.3 is 12.1 Å². The number of carbonyl (C=O) groups excluding carboxylic acids is 1. The fraction of sp³-hybridized carbons (Fsp3) is 0.267. The van der Waals surface area contributed by atoms with Crippen LogP contribution in [0.2, 0.25) is 0 Å². The van der Waals surface area contributed by atoms with Crippen molar-refractivity contribution in [3.05, 3.63) is 89.9 Å². The summed E-state index contributed by atoms with van der Waals surface area (Å²) in [6.45, 7) is 0.177. The second-order valence-corrected chi connectivity index (χ2v) is 10.2. The monoisotopic (exact) mass is 594 g/mol. The molecule has 0 bridgehead atoms. The lowest BCUT2D eigenvalue weighted by Gasteiger charge is -2.30. The summed E-state index contributed by atoms with van der Waals surface area (Å²) in [6.07, 6.45) is -2.67. The summed E-state index contributed by atoms with van der Waals surface area (Å²) in [6, 6.07) is 15.0. The molecule has 13 heteroatoms. The molecule has 6 rings (SSSR count). The van der Waals surface area contributed by atoms with Gasteiger partial charge in [-0.1, -0.05) is 30.3 Å². The smallest absolute Gasteiger partial charge is 0.408 e. The zero-order valence-electron chi connectivity index (χ0n) is 22.7. The number of fused-ring (bicyclic) bond motifs is 2. The van der Waals surface area contributed by atoms with E-state index in [1.54, 1.807) is 42.5 Å². The molecule has 0 spiro atoms. The molecule has 1 fully saturated rings. The molecule has 0 aliphatic carbocycles. The number of ether oxygens (including phenoxy) is 2. The Bertz CT molecular complexity index is 1780. The third-order valence-corrected chi connectivity index (χ3v) is 7.23. The summed E-state index contributed by atoms with van der Waals surface area (Å²) < 4.78 is 69.5. The number of pyridine rings is 2. The van der Waals surface area contributed by atoms with E-state index in [9.17, 15) is 22.4 Å². The Balaban J connectivity index is 1.24. The van der Waals surface area contributed by atoms with Crippen LogP contribution in [0.3, 0.4) is 0 Å². The van der Waals surface area contributed by atoms with Gasteiger partial charge in [0.25, 0.3) is 0 Å². The van der Waals surface area contributed by atoms with E-state index in [-0.39, 0.29) is 49.5 Å². The standard InChI is InChI=1S/C30H26F4N6O3/c31-22-14-19-6-8-23(36-24(19)15-25(22)42-12-13-43-29(41)18-4-2-1-3-5-18)28-38-37-26-9-7-20(16-40(26)28)27(30(32,33)34)39-11-10-21(35)17-39/h1-9,14-16,21,27H,10-13,17,35H2/t21-,27+/m0/s1. The lowest BCUT2D eigenvalue weighted by molar-refractivity contribution is -0.183. The summed E-state index contributed by atoms with van der Waals surface area (Å²) in [7, 11) is 0. The van der Waals surface area contributed by atoms with Crippen LogP contribution in [-0.2, 0) is 4.74 Å². The molecule has 4 heterocycles. The second kappa shape index (κ2) is 11.6. The van der Waals surface area contributed by atoms with Gasteiger partial charge in [0.05, 0.1) is 11.1 Å². The number of alkyl halides is 3. The summed E-state index contributed by atoms with van der Waals surface area (Å²) in [5.74, 6) is -1.03. The SMILES string of the molecule is N[C@H]1CCN([C@H](c2ccc3nnc(-c4ccc5cc(F)c(OCCOC(=O)c6ccccc6)cc5n4)n3c2)C(F)(F)F)C1. The molecular weight excluding hydrogens is 568 g/mol. The van der Waals surface area contributed by atoms with E-state index in [4.69, 9.17) is 15.2 Å². The second-order valence-electron chi connectivity index (χ2n) is 10.2. The van der Waals surface area contributed by atoms with Gasteiger partial charge in [0, 0.05) is 36.8 Å². The number of aromatic nitrogens is 4. The first-order chi connectivity index (χ1) is 20.7. The number of rotatable bonds is 8. The molecule has 222 valence electrons. The van der Waals surface area contributed by atoms with Crippen molar-refractivity contribution in [1.82, 2.24) is 24.5 Å². The lowest BCUT2D eigenvalue weighted by Crippen LogP contribution is -2.38. The van der Waals surface area contributed by atoms with Crippen molar-refractivity contribution >= 4 is 22.5 Å². The maximum Gasteiger partial charge on any atom is 0.408 e. The van der Waals surface area contributed by atoms with Gasteiger partial charge in [0.15, 0.2) is 23.0 Å². The maximum absolute atomic E-state index is 14.7. The van der Waals surface area contributed by atoms with Crippen LogP contribution >= 0.6 is 0 Å². The minimum atomic E-state index is -4.52. The van der Waals surface area contributed by atoms with E-state index in [0.29, 0.717) is 34.2 Å². The summed E-state index contributed by atoms with van der Waals surface area (Å²) in [4.78, 5) is 18.0. The van der Waals surface area contributed by atoms with Crippen molar-refractivity contribution < 1.29 is 31.8 Å². The summed E-state index contributed by atoms with van der Waals surface area (Å²) in [5.41, 5.74) is 7.34. The first-order valence-corrected chi connectivity index (χ1v) is 13.5. The zero-order valence-corrected chi connectivity index (χ0v) is 22.7. The van der Waals surface area contributed by atoms with Gasteiger partial charge in [0.2, 0.25) is 0 Å².